The molecule has 0 aliphatic rings. The van der Waals surface area contributed by atoms with Crippen molar-refractivity contribution < 1.29 is 0 Å². The van der Waals surface area contributed by atoms with Gasteiger partial charge in [-0.15, -0.1) is 0 Å². The van der Waals surface area contributed by atoms with Crippen LogP contribution in [0, 0.1) is 6.92 Å². The van der Waals surface area contributed by atoms with Gasteiger partial charge in [-0.3, -0.25) is 0 Å². The van der Waals surface area contributed by atoms with Gasteiger partial charge in [-0.05, 0) is 46.0 Å². The summed E-state index contributed by atoms with van der Waals surface area (Å²) in [6, 6.07) is 19.9. The van der Waals surface area contributed by atoms with Crippen molar-refractivity contribution in [3.8, 4) is 0 Å². The number of fused-ring (bicyclic) bond motifs is 2. The number of benzene rings is 3. The molecule has 1 radical (unpaired) electrons. The topological polar surface area (TPSA) is 0 Å². The van der Waals surface area contributed by atoms with Gasteiger partial charge >= 0.3 is 0 Å². The molecule has 0 atom stereocenters. The van der Waals surface area contributed by atoms with E-state index in [0.29, 0.717) is 0 Å². The Kier molecular flexibility index (Phi) is 4.55. The highest BCUT2D eigenvalue weighted by Gasteiger charge is 2.06. The summed E-state index contributed by atoms with van der Waals surface area (Å²) in [6.07, 6.45) is 7.41. The first-order valence-corrected chi connectivity index (χ1v) is 8.09. The van der Waals surface area contributed by atoms with Crippen LogP contribution in [0.15, 0.2) is 54.6 Å². The number of hydrogen-bond donors (Lipinski definition) is 0. The van der Waals surface area contributed by atoms with E-state index in [1.165, 1.54) is 59.2 Å². The molecule has 0 heteroatoms. The van der Waals surface area contributed by atoms with Crippen LogP contribution < -0.4 is 0 Å². The molecule has 0 bridgehead atoms. The third kappa shape index (κ3) is 3.10. The van der Waals surface area contributed by atoms with Crippen LogP contribution in [-0.4, -0.2) is 0 Å². The van der Waals surface area contributed by atoms with Gasteiger partial charge in [0.2, 0.25) is 0 Å². The molecule has 0 saturated heterocycles. The maximum atomic E-state index is 3.92. The van der Waals surface area contributed by atoms with Gasteiger partial charge in [-0.25, -0.2) is 0 Å². The van der Waals surface area contributed by atoms with E-state index in [4.69, 9.17) is 0 Å². The van der Waals surface area contributed by atoms with Gasteiger partial charge in [0, 0.05) is 0 Å². The van der Waals surface area contributed by atoms with Crippen LogP contribution in [-0.2, 0) is 6.42 Å². The highest BCUT2D eigenvalue weighted by atomic mass is 14.1. The predicted molar refractivity (Wildman–Crippen MR) is 93.6 cm³/mol. The summed E-state index contributed by atoms with van der Waals surface area (Å²) < 4.78 is 0. The summed E-state index contributed by atoms with van der Waals surface area (Å²) >= 11 is 0. The maximum Gasteiger partial charge on any atom is -0.0146 e. The second-order valence-corrected chi connectivity index (χ2v) is 5.82. The lowest BCUT2D eigenvalue weighted by molar-refractivity contribution is 0.647. The Morgan fingerprint density at radius 1 is 0.667 bits per heavy atom. The summed E-state index contributed by atoms with van der Waals surface area (Å²) in [5.74, 6) is 0. The molecule has 0 heterocycles. The SMILES string of the molecule is [CH2]CCCCCCc1c2ccccc2cc2ccccc12. The molecule has 21 heavy (non-hydrogen) atoms. The Balaban J connectivity index is 1.96. The van der Waals surface area contributed by atoms with Crippen LogP contribution in [0.2, 0.25) is 0 Å². The van der Waals surface area contributed by atoms with E-state index >= 15 is 0 Å². The minimum Gasteiger partial charge on any atom is -0.0616 e. The van der Waals surface area contributed by atoms with Crippen molar-refractivity contribution >= 4 is 21.5 Å². The fourth-order valence-corrected chi connectivity index (χ4v) is 3.21. The Bertz CT molecular complexity index is 670. The normalized spacial score (nSPS) is 11.3. The lowest BCUT2D eigenvalue weighted by Crippen LogP contribution is -1.91. The van der Waals surface area contributed by atoms with Crippen molar-refractivity contribution in [2.75, 3.05) is 0 Å². The van der Waals surface area contributed by atoms with Crippen molar-refractivity contribution in [3.05, 3.63) is 67.1 Å². The second-order valence-electron chi connectivity index (χ2n) is 5.82. The molecule has 0 aromatic heterocycles. The summed E-state index contributed by atoms with van der Waals surface area (Å²) in [6.45, 7) is 3.92. The minimum absolute atomic E-state index is 1.07. The second kappa shape index (κ2) is 6.76. The highest BCUT2D eigenvalue weighted by Crippen LogP contribution is 2.29. The van der Waals surface area contributed by atoms with Gasteiger partial charge < -0.3 is 0 Å². The van der Waals surface area contributed by atoms with Crippen LogP contribution in [0.25, 0.3) is 21.5 Å². The Morgan fingerprint density at radius 2 is 1.24 bits per heavy atom. The molecule has 3 rings (SSSR count). The fourth-order valence-electron chi connectivity index (χ4n) is 3.21. The van der Waals surface area contributed by atoms with E-state index in [9.17, 15) is 0 Å². The van der Waals surface area contributed by atoms with Crippen LogP contribution in [0.4, 0.5) is 0 Å². The number of aryl methyl sites for hydroxylation is 1. The molecule has 0 unspecified atom stereocenters. The summed E-state index contributed by atoms with van der Waals surface area (Å²) in [5.41, 5.74) is 1.53. The van der Waals surface area contributed by atoms with Crippen LogP contribution in [0.5, 0.6) is 0 Å². The molecule has 0 saturated carbocycles. The van der Waals surface area contributed by atoms with Crippen LogP contribution in [0.3, 0.4) is 0 Å². The zero-order valence-corrected chi connectivity index (χ0v) is 12.6. The smallest absolute Gasteiger partial charge is 0.0146 e. The molecule has 3 aromatic carbocycles. The Morgan fingerprint density at radius 3 is 1.86 bits per heavy atom. The molecule has 0 fully saturated rings. The van der Waals surface area contributed by atoms with E-state index < -0.39 is 0 Å². The van der Waals surface area contributed by atoms with E-state index in [-0.39, 0.29) is 0 Å². The quantitative estimate of drug-likeness (QED) is 0.365. The molecule has 107 valence electrons. The Hall–Kier alpha value is -1.82. The number of hydrogen-bond acceptors (Lipinski definition) is 0. The van der Waals surface area contributed by atoms with Crippen molar-refractivity contribution in [1.29, 1.82) is 0 Å². The molecule has 0 amide bonds. The Labute approximate surface area is 127 Å². The molecule has 0 aliphatic carbocycles. The van der Waals surface area contributed by atoms with E-state index in [0.717, 1.165) is 6.42 Å². The summed E-state index contributed by atoms with van der Waals surface area (Å²) in [7, 11) is 0. The first kappa shape index (κ1) is 14.1. The minimum atomic E-state index is 1.07. The van der Waals surface area contributed by atoms with Crippen LogP contribution >= 0.6 is 0 Å². The predicted octanol–water partition coefficient (Wildman–Crippen LogP) is 6.32. The molecular formula is C21H23. The molecule has 0 nitrogen and oxygen atoms in total. The molecule has 0 N–H and O–H groups in total. The van der Waals surface area contributed by atoms with E-state index in [1.807, 2.05) is 0 Å². The standard InChI is InChI=1S/C21H23/c1-2-3-4-5-6-15-21-19-13-9-7-11-17(19)16-18-12-8-10-14-20(18)21/h7-14,16H,1-6,15H2. The van der Waals surface area contributed by atoms with Gasteiger partial charge in [-0.2, -0.15) is 0 Å². The lowest BCUT2D eigenvalue weighted by Gasteiger charge is -2.11. The molecular weight excluding hydrogens is 252 g/mol. The number of rotatable bonds is 6. The van der Waals surface area contributed by atoms with E-state index in [1.54, 1.807) is 0 Å². The van der Waals surface area contributed by atoms with Crippen LogP contribution in [0.1, 0.15) is 37.7 Å². The van der Waals surface area contributed by atoms with Crippen molar-refractivity contribution in [2.45, 2.75) is 38.5 Å². The average molecular weight is 275 g/mol. The molecule has 0 spiro atoms. The van der Waals surface area contributed by atoms with Gasteiger partial charge in [0.15, 0.2) is 0 Å². The van der Waals surface area contributed by atoms with Crippen molar-refractivity contribution in [3.63, 3.8) is 0 Å². The van der Waals surface area contributed by atoms with Gasteiger partial charge in [0.25, 0.3) is 0 Å². The summed E-state index contributed by atoms with van der Waals surface area (Å²) in [4.78, 5) is 0. The fraction of sp³-hybridized carbons (Fsp3) is 0.286. The summed E-state index contributed by atoms with van der Waals surface area (Å²) in [5, 5.41) is 5.58. The first-order valence-electron chi connectivity index (χ1n) is 8.09. The monoisotopic (exact) mass is 275 g/mol. The third-order valence-corrected chi connectivity index (χ3v) is 4.31. The zero-order valence-electron chi connectivity index (χ0n) is 12.6. The largest absolute Gasteiger partial charge is 0.0616 e. The highest BCUT2D eigenvalue weighted by molar-refractivity contribution is 6.02. The average Bonchev–Trinajstić information content (AvgIpc) is 2.53. The van der Waals surface area contributed by atoms with Crippen molar-refractivity contribution in [2.24, 2.45) is 0 Å². The van der Waals surface area contributed by atoms with E-state index in [2.05, 4.69) is 61.5 Å². The molecule has 0 aliphatic heterocycles. The van der Waals surface area contributed by atoms with Gasteiger partial charge in [-0.1, -0.05) is 81.1 Å². The van der Waals surface area contributed by atoms with Gasteiger partial charge in [0.05, 0.1) is 0 Å². The third-order valence-electron chi connectivity index (χ3n) is 4.31. The lowest BCUT2D eigenvalue weighted by atomic mass is 9.93. The molecule has 3 aromatic rings. The van der Waals surface area contributed by atoms with Crippen molar-refractivity contribution in [1.82, 2.24) is 0 Å². The maximum absolute atomic E-state index is 3.92. The van der Waals surface area contributed by atoms with Gasteiger partial charge in [0.1, 0.15) is 0 Å². The first-order chi connectivity index (χ1) is 10.4. The zero-order chi connectivity index (χ0) is 14.5. The number of unbranched alkanes of at least 4 members (excludes halogenated alkanes) is 4.